The molecule has 0 radical (unpaired) electrons. The van der Waals surface area contributed by atoms with Crippen molar-refractivity contribution in [2.45, 2.75) is 44.8 Å². The number of carbonyl (C=O) groups excluding carboxylic acids is 1. The van der Waals surface area contributed by atoms with Crippen molar-refractivity contribution in [1.29, 1.82) is 0 Å². The average Bonchev–Trinajstić information content (AvgIpc) is 2.22. The zero-order valence-corrected chi connectivity index (χ0v) is 11.5. The summed E-state index contributed by atoms with van der Waals surface area (Å²) in [5, 5.41) is -0.210. The van der Waals surface area contributed by atoms with Gasteiger partial charge in [-0.15, -0.1) is 0 Å². The Hall–Kier alpha value is 0.170. The summed E-state index contributed by atoms with van der Waals surface area (Å²) < 4.78 is 22.5. The van der Waals surface area contributed by atoms with Crippen LogP contribution in [0.15, 0.2) is 0 Å². The van der Waals surface area contributed by atoms with Gasteiger partial charge in [-0.2, -0.15) is 0 Å². The molecule has 1 saturated carbocycles. The summed E-state index contributed by atoms with van der Waals surface area (Å²) in [5.41, 5.74) is 0. The van der Waals surface area contributed by atoms with Gasteiger partial charge in [0.1, 0.15) is 5.78 Å². The fourth-order valence-electron chi connectivity index (χ4n) is 1.63. The third-order valence-corrected chi connectivity index (χ3v) is 6.66. The zero-order chi connectivity index (χ0) is 12.0. The maximum atomic E-state index is 12.2. The highest BCUT2D eigenvalue weighted by Gasteiger charge is 2.34. The van der Waals surface area contributed by atoms with E-state index >= 15 is 0 Å². The van der Waals surface area contributed by atoms with Crippen LogP contribution >= 0.6 is 18.2 Å². The first-order valence-corrected chi connectivity index (χ1v) is 8.74. The lowest BCUT2D eigenvalue weighted by Gasteiger charge is -2.24. The third-order valence-electron chi connectivity index (χ3n) is 2.33. The summed E-state index contributed by atoms with van der Waals surface area (Å²) in [6.07, 6.45) is 3.34. The van der Waals surface area contributed by atoms with Crippen molar-refractivity contribution in [2.75, 3.05) is 13.2 Å². The van der Waals surface area contributed by atoms with Crippen LogP contribution < -0.4 is 0 Å². The molecule has 0 aromatic rings. The van der Waals surface area contributed by atoms with E-state index < -0.39 is 6.80 Å². The monoisotopic (exact) mass is 266 g/mol. The van der Waals surface area contributed by atoms with Crippen LogP contribution in [0.2, 0.25) is 0 Å². The Bertz CT molecular complexity index is 272. The Kier molecular flexibility index (Phi) is 6.05. The van der Waals surface area contributed by atoms with Gasteiger partial charge in [0.15, 0.2) is 0 Å². The molecule has 0 heterocycles. The zero-order valence-electron chi connectivity index (χ0n) is 9.81. The molecule has 1 aliphatic rings. The molecule has 1 rings (SSSR count). The Labute approximate surface area is 101 Å². The van der Waals surface area contributed by atoms with Crippen molar-refractivity contribution in [3.63, 3.8) is 0 Å². The molecule has 94 valence electrons. The molecular formula is C10H19O4PS. The van der Waals surface area contributed by atoms with Crippen LogP contribution in [0.1, 0.15) is 39.5 Å². The summed E-state index contributed by atoms with van der Waals surface area (Å²) >= 11 is 1.09. The number of hydrogen-bond acceptors (Lipinski definition) is 5. The minimum absolute atomic E-state index is 0.177. The van der Waals surface area contributed by atoms with Crippen molar-refractivity contribution in [2.24, 2.45) is 0 Å². The number of Topliss-reactive ketones (excluding diaryl/α,β-unsaturated/α-hetero) is 1. The van der Waals surface area contributed by atoms with E-state index in [9.17, 15) is 9.36 Å². The minimum atomic E-state index is -3.13. The largest absolute Gasteiger partial charge is 0.389 e. The molecule has 6 heteroatoms. The van der Waals surface area contributed by atoms with E-state index in [1.807, 2.05) is 0 Å². The molecule has 16 heavy (non-hydrogen) atoms. The Morgan fingerprint density at radius 1 is 1.31 bits per heavy atom. The van der Waals surface area contributed by atoms with Crippen LogP contribution in [0.3, 0.4) is 0 Å². The van der Waals surface area contributed by atoms with Gasteiger partial charge in [-0.05, 0) is 38.1 Å². The second-order valence-electron chi connectivity index (χ2n) is 3.59. The fraction of sp³-hybridized carbons (Fsp3) is 0.900. The van der Waals surface area contributed by atoms with Gasteiger partial charge >= 0.3 is 6.80 Å². The van der Waals surface area contributed by atoms with Crippen LogP contribution in [0, 0.1) is 0 Å². The first kappa shape index (κ1) is 14.2. The molecule has 0 saturated heterocycles. The molecule has 4 nitrogen and oxygen atoms in total. The van der Waals surface area contributed by atoms with Crippen LogP contribution in [-0.4, -0.2) is 24.2 Å². The highest BCUT2D eigenvalue weighted by Crippen LogP contribution is 2.63. The molecule has 1 aliphatic carbocycles. The molecule has 0 amide bonds. The summed E-state index contributed by atoms with van der Waals surface area (Å²) in [6.45, 7) is 1.09. The van der Waals surface area contributed by atoms with Gasteiger partial charge in [0, 0.05) is 6.42 Å². The molecular weight excluding hydrogens is 247 g/mol. The lowest BCUT2D eigenvalue weighted by Crippen LogP contribution is -2.21. The lowest BCUT2D eigenvalue weighted by atomic mass is 9.99. The summed E-state index contributed by atoms with van der Waals surface area (Å²) in [6, 6.07) is 0. The smallest absolute Gasteiger partial charge is 0.301 e. The van der Waals surface area contributed by atoms with E-state index in [0.717, 1.165) is 30.6 Å². The summed E-state index contributed by atoms with van der Waals surface area (Å²) in [4.78, 5) is 11.6. The lowest BCUT2D eigenvalue weighted by molar-refractivity contribution is -0.119. The van der Waals surface area contributed by atoms with Gasteiger partial charge in [-0.25, -0.2) is 4.57 Å². The van der Waals surface area contributed by atoms with Crippen molar-refractivity contribution in [3.8, 4) is 0 Å². The number of carbonyl (C=O) groups is 1. The van der Waals surface area contributed by atoms with Crippen molar-refractivity contribution >= 4 is 24.0 Å². The maximum Gasteiger partial charge on any atom is 0.389 e. The van der Waals surface area contributed by atoms with Crippen LogP contribution in [0.5, 0.6) is 0 Å². The van der Waals surface area contributed by atoms with Gasteiger partial charge in [0.05, 0.1) is 18.5 Å². The van der Waals surface area contributed by atoms with E-state index in [1.165, 1.54) is 0 Å². The molecule has 1 unspecified atom stereocenters. The van der Waals surface area contributed by atoms with Gasteiger partial charge in [0.25, 0.3) is 0 Å². The molecule has 1 fully saturated rings. The number of hydrogen-bond donors (Lipinski definition) is 0. The predicted molar refractivity (Wildman–Crippen MR) is 65.7 cm³/mol. The predicted octanol–water partition coefficient (Wildman–Crippen LogP) is 3.41. The van der Waals surface area contributed by atoms with Gasteiger partial charge in [0.2, 0.25) is 0 Å². The van der Waals surface area contributed by atoms with Crippen LogP contribution in [0.25, 0.3) is 0 Å². The molecule has 0 aromatic heterocycles. The molecule has 0 N–H and O–H groups in total. The normalized spacial score (nSPS) is 22.4. The quantitative estimate of drug-likeness (QED) is 0.689. The molecule has 1 atom stereocenters. The summed E-state index contributed by atoms with van der Waals surface area (Å²) in [5.74, 6) is 0.177. The van der Waals surface area contributed by atoms with E-state index in [-0.39, 0.29) is 11.0 Å². The Morgan fingerprint density at radius 2 is 1.94 bits per heavy atom. The third kappa shape index (κ3) is 4.21. The van der Waals surface area contributed by atoms with Crippen molar-refractivity contribution in [1.82, 2.24) is 0 Å². The van der Waals surface area contributed by atoms with E-state index in [4.69, 9.17) is 9.05 Å². The number of ketones is 1. The van der Waals surface area contributed by atoms with E-state index in [0.29, 0.717) is 19.6 Å². The second kappa shape index (κ2) is 6.80. The number of rotatable bonds is 6. The van der Waals surface area contributed by atoms with E-state index in [1.54, 1.807) is 13.8 Å². The Morgan fingerprint density at radius 3 is 2.44 bits per heavy atom. The molecule has 0 aliphatic heterocycles. The standard InChI is InChI=1S/C10H19O4PS/c1-3-13-15(12,14-4-2)16-10-8-6-5-7-9(10)11/h10H,3-8H2,1-2H3. The first-order chi connectivity index (χ1) is 7.61. The van der Waals surface area contributed by atoms with Crippen LogP contribution in [-0.2, 0) is 18.4 Å². The maximum absolute atomic E-state index is 12.2. The van der Waals surface area contributed by atoms with E-state index in [2.05, 4.69) is 0 Å². The molecule has 0 aromatic carbocycles. The van der Waals surface area contributed by atoms with Gasteiger partial charge < -0.3 is 9.05 Å². The molecule has 0 spiro atoms. The second-order valence-corrected chi connectivity index (χ2v) is 7.75. The van der Waals surface area contributed by atoms with Crippen molar-refractivity contribution in [3.05, 3.63) is 0 Å². The fourth-order valence-corrected chi connectivity index (χ4v) is 5.88. The van der Waals surface area contributed by atoms with Crippen molar-refractivity contribution < 1.29 is 18.4 Å². The highest BCUT2D eigenvalue weighted by molar-refractivity contribution is 8.55. The highest BCUT2D eigenvalue weighted by atomic mass is 32.7. The van der Waals surface area contributed by atoms with Crippen LogP contribution in [0.4, 0.5) is 0 Å². The minimum Gasteiger partial charge on any atom is -0.301 e. The molecule has 0 bridgehead atoms. The van der Waals surface area contributed by atoms with Gasteiger partial charge in [-0.3, -0.25) is 4.79 Å². The SMILES string of the molecule is CCOP(=O)(OCC)SC1CCCCC1=O. The topological polar surface area (TPSA) is 52.6 Å². The summed E-state index contributed by atoms with van der Waals surface area (Å²) in [7, 11) is 0. The Balaban J connectivity index is 2.59. The van der Waals surface area contributed by atoms with Gasteiger partial charge in [-0.1, -0.05) is 6.42 Å². The first-order valence-electron chi connectivity index (χ1n) is 5.71. The average molecular weight is 266 g/mol.